The average Bonchev–Trinajstić information content (AvgIpc) is 3.03. The molecule has 0 unspecified atom stereocenters. The normalized spacial score (nSPS) is 43.1. The van der Waals surface area contributed by atoms with Crippen molar-refractivity contribution in [1.82, 2.24) is 4.90 Å². The fourth-order valence-corrected chi connectivity index (χ4v) is 3.45. The Balaban J connectivity index is 1.96. The van der Waals surface area contributed by atoms with Crippen LogP contribution in [-0.4, -0.2) is 36.0 Å². The molecule has 0 aromatic rings. The summed E-state index contributed by atoms with van der Waals surface area (Å²) >= 11 is 0. The highest BCUT2D eigenvalue weighted by Gasteiger charge is 2.64. The van der Waals surface area contributed by atoms with E-state index in [9.17, 15) is 9.59 Å². The van der Waals surface area contributed by atoms with Gasteiger partial charge in [-0.15, -0.1) is 0 Å². The second-order valence-electron chi connectivity index (χ2n) is 6.35. The van der Waals surface area contributed by atoms with E-state index < -0.39 is 0 Å². The highest BCUT2D eigenvalue weighted by atomic mass is 16.6. The lowest BCUT2D eigenvalue weighted by Gasteiger charge is -2.47. The summed E-state index contributed by atoms with van der Waals surface area (Å²) in [5.41, 5.74) is -0.581. The summed E-state index contributed by atoms with van der Waals surface area (Å²) in [6.45, 7) is 7.28. The minimum absolute atomic E-state index is 0.00366. The third kappa shape index (κ3) is 1.27. The van der Waals surface area contributed by atoms with Crippen molar-refractivity contribution < 1.29 is 14.3 Å². The summed E-state index contributed by atoms with van der Waals surface area (Å²) in [5, 5.41) is 0. The Morgan fingerprint density at radius 1 is 1.35 bits per heavy atom. The number of ether oxygens (including phenoxy) is 1. The third-order valence-corrected chi connectivity index (χ3v) is 5.30. The van der Waals surface area contributed by atoms with E-state index in [0.717, 1.165) is 12.8 Å². The molecule has 3 rings (SSSR count). The number of piperidine rings is 1. The Bertz CT molecular complexity index is 399. The van der Waals surface area contributed by atoms with Gasteiger partial charge in [-0.1, -0.05) is 20.8 Å². The van der Waals surface area contributed by atoms with Crippen LogP contribution in [-0.2, 0) is 14.3 Å². The average molecular weight is 237 g/mol. The van der Waals surface area contributed by atoms with Crippen molar-refractivity contribution in [3.63, 3.8) is 0 Å². The summed E-state index contributed by atoms with van der Waals surface area (Å²) in [6.07, 6.45) is 1.76. The van der Waals surface area contributed by atoms with Gasteiger partial charge < -0.3 is 4.74 Å². The predicted octanol–water partition coefficient (Wildman–Crippen LogP) is 1.20. The Morgan fingerprint density at radius 2 is 2.00 bits per heavy atom. The molecule has 17 heavy (non-hydrogen) atoms. The minimum atomic E-state index is -0.375. The largest absolute Gasteiger partial charge is 0.371 e. The number of epoxide rings is 1. The molecule has 0 aromatic carbocycles. The number of carbonyl (C=O) groups excluding carboxylic acids is 2. The van der Waals surface area contributed by atoms with Crippen LogP contribution in [0, 0.1) is 16.7 Å². The maximum atomic E-state index is 12.5. The number of hydrogen-bond acceptors (Lipinski definition) is 3. The van der Waals surface area contributed by atoms with Crippen molar-refractivity contribution >= 4 is 11.8 Å². The molecular formula is C13H19NO3. The lowest BCUT2D eigenvalue weighted by atomic mass is 9.62. The van der Waals surface area contributed by atoms with Crippen LogP contribution < -0.4 is 0 Å². The second kappa shape index (κ2) is 3.10. The number of amides is 2. The van der Waals surface area contributed by atoms with E-state index in [1.54, 1.807) is 0 Å². The van der Waals surface area contributed by atoms with Crippen molar-refractivity contribution in [1.29, 1.82) is 0 Å². The van der Waals surface area contributed by atoms with Crippen LogP contribution in [0.5, 0.6) is 0 Å². The first-order chi connectivity index (χ1) is 7.88. The van der Waals surface area contributed by atoms with Gasteiger partial charge >= 0.3 is 0 Å². The first kappa shape index (κ1) is 11.2. The fourth-order valence-electron chi connectivity index (χ4n) is 3.45. The molecule has 2 amide bonds. The standard InChI is InChI=1S/C13H19NO3/c1-12(2)9-4-5-13(12,3)11(16)14(10(9)15)6-8-7-17-8/h8-9H,4-7H2,1-3H3/t8-,9-,13+/m1/s1. The monoisotopic (exact) mass is 237 g/mol. The van der Waals surface area contributed by atoms with E-state index in [-0.39, 0.29) is 34.7 Å². The van der Waals surface area contributed by atoms with Crippen molar-refractivity contribution in [2.75, 3.05) is 13.2 Å². The first-order valence-electron chi connectivity index (χ1n) is 6.35. The molecule has 3 fully saturated rings. The third-order valence-electron chi connectivity index (χ3n) is 5.30. The molecule has 2 heterocycles. The van der Waals surface area contributed by atoms with Crippen LogP contribution >= 0.6 is 0 Å². The molecule has 1 saturated carbocycles. The van der Waals surface area contributed by atoms with E-state index in [1.807, 2.05) is 6.92 Å². The van der Waals surface area contributed by atoms with E-state index in [4.69, 9.17) is 4.74 Å². The number of hydrogen-bond donors (Lipinski definition) is 0. The molecule has 0 aromatic heterocycles. The van der Waals surface area contributed by atoms with E-state index in [0.29, 0.717) is 13.2 Å². The Hall–Kier alpha value is -0.900. The van der Waals surface area contributed by atoms with Crippen molar-refractivity contribution in [2.45, 2.75) is 39.7 Å². The van der Waals surface area contributed by atoms with Gasteiger partial charge in [-0.3, -0.25) is 14.5 Å². The Morgan fingerprint density at radius 3 is 2.59 bits per heavy atom. The molecule has 94 valence electrons. The molecule has 0 radical (unpaired) electrons. The SMILES string of the molecule is CC1(C)[C@@H]2CC[C@@]1(C)C(=O)N(C[C@@H]1CO1)C2=O. The fraction of sp³-hybridized carbons (Fsp3) is 0.846. The summed E-state index contributed by atoms with van der Waals surface area (Å²) in [4.78, 5) is 26.4. The number of nitrogens with zero attached hydrogens (tertiary/aromatic N) is 1. The van der Waals surface area contributed by atoms with Crippen molar-refractivity contribution in [2.24, 2.45) is 16.7 Å². The van der Waals surface area contributed by atoms with Crippen LogP contribution in [0.1, 0.15) is 33.6 Å². The lowest BCUT2D eigenvalue weighted by molar-refractivity contribution is -0.168. The van der Waals surface area contributed by atoms with Crippen molar-refractivity contribution in [3.8, 4) is 0 Å². The lowest BCUT2D eigenvalue weighted by Crippen LogP contribution is -2.59. The maximum Gasteiger partial charge on any atom is 0.235 e. The summed E-state index contributed by atoms with van der Waals surface area (Å²) < 4.78 is 5.14. The molecule has 2 bridgehead atoms. The highest BCUT2D eigenvalue weighted by molar-refractivity contribution is 6.03. The molecule has 4 heteroatoms. The van der Waals surface area contributed by atoms with Gasteiger partial charge in [0.25, 0.3) is 0 Å². The minimum Gasteiger partial charge on any atom is -0.371 e. The maximum absolute atomic E-state index is 12.5. The number of rotatable bonds is 2. The van der Waals surface area contributed by atoms with E-state index >= 15 is 0 Å². The van der Waals surface area contributed by atoms with Crippen LogP contribution in [0.25, 0.3) is 0 Å². The smallest absolute Gasteiger partial charge is 0.235 e. The molecule has 0 spiro atoms. The van der Waals surface area contributed by atoms with Gasteiger partial charge in [0, 0.05) is 5.92 Å². The number of imide groups is 1. The molecule has 1 aliphatic carbocycles. The first-order valence-corrected chi connectivity index (χ1v) is 6.35. The molecule has 2 saturated heterocycles. The van der Waals surface area contributed by atoms with Gasteiger partial charge in [0.05, 0.1) is 24.7 Å². The summed E-state index contributed by atoms with van der Waals surface area (Å²) in [6, 6.07) is 0. The summed E-state index contributed by atoms with van der Waals surface area (Å²) in [7, 11) is 0. The number of likely N-dealkylation sites (tertiary alicyclic amines) is 1. The summed E-state index contributed by atoms with van der Waals surface area (Å²) in [5.74, 6) is 0.0335. The predicted molar refractivity (Wildman–Crippen MR) is 61.1 cm³/mol. The molecular weight excluding hydrogens is 218 g/mol. The number of fused-ring (bicyclic) bond motifs is 2. The van der Waals surface area contributed by atoms with E-state index in [2.05, 4.69) is 13.8 Å². The van der Waals surface area contributed by atoms with Crippen LogP contribution in [0.15, 0.2) is 0 Å². The van der Waals surface area contributed by atoms with Crippen molar-refractivity contribution in [3.05, 3.63) is 0 Å². The van der Waals surface area contributed by atoms with Gasteiger partial charge in [0.2, 0.25) is 11.8 Å². The van der Waals surface area contributed by atoms with Gasteiger partial charge in [-0.05, 0) is 18.3 Å². The zero-order valence-electron chi connectivity index (χ0n) is 10.7. The topological polar surface area (TPSA) is 49.9 Å². The zero-order chi connectivity index (χ0) is 12.4. The van der Waals surface area contributed by atoms with Gasteiger partial charge in [-0.2, -0.15) is 0 Å². The van der Waals surface area contributed by atoms with Crippen LogP contribution in [0.2, 0.25) is 0 Å². The van der Waals surface area contributed by atoms with Gasteiger partial charge in [-0.25, -0.2) is 0 Å². The molecule has 3 atom stereocenters. The Labute approximate surface area is 101 Å². The Kier molecular flexibility index (Phi) is 2.05. The molecule has 4 nitrogen and oxygen atoms in total. The quantitative estimate of drug-likeness (QED) is 0.535. The van der Waals surface area contributed by atoms with E-state index in [1.165, 1.54) is 4.90 Å². The molecule has 0 N–H and O–H groups in total. The van der Waals surface area contributed by atoms with Gasteiger partial charge in [0.1, 0.15) is 0 Å². The zero-order valence-corrected chi connectivity index (χ0v) is 10.7. The molecule has 3 aliphatic rings. The molecule has 2 aliphatic heterocycles. The van der Waals surface area contributed by atoms with Crippen LogP contribution in [0.4, 0.5) is 0 Å². The second-order valence-corrected chi connectivity index (χ2v) is 6.35. The van der Waals surface area contributed by atoms with Crippen LogP contribution in [0.3, 0.4) is 0 Å². The van der Waals surface area contributed by atoms with Gasteiger partial charge in [0.15, 0.2) is 0 Å². The highest BCUT2D eigenvalue weighted by Crippen LogP contribution is 2.60. The number of carbonyl (C=O) groups is 2.